The Morgan fingerprint density at radius 1 is 0.444 bits per heavy atom. The fourth-order valence-electron chi connectivity index (χ4n) is 5.92. The van der Waals surface area contributed by atoms with Crippen molar-refractivity contribution in [2.45, 2.75) is 38.5 Å². The molecule has 0 unspecified atom stereocenters. The summed E-state index contributed by atoms with van der Waals surface area (Å²) in [5.74, 6) is 1.67. The van der Waals surface area contributed by atoms with Crippen molar-refractivity contribution in [3.63, 3.8) is 0 Å². The number of para-hydroxylation sites is 2. The minimum Gasteiger partial charge on any atom is -0.319 e. The van der Waals surface area contributed by atoms with Crippen LogP contribution in [0.1, 0.15) is 50.2 Å². The first-order valence-electron chi connectivity index (χ1n) is 15.0. The molecule has 1 aliphatic heterocycles. The number of anilines is 6. The summed E-state index contributed by atoms with van der Waals surface area (Å²) in [6.45, 7) is 8.86. The molecule has 0 fully saturated rings. The molecule has 1 aliphatic rings. The zero-order valence-corrected chi connectivity index (χ0v) is 28.1. The number of rotatable bonds is 2. The number of hydrogen-bond donors (Lipinski definition) is 0. The van der Waals surface area contributed by atoms with Gasteiger partial charge in [-0.3, -0.25) is 0 Å². The van der Waals surface area contributed by atoms with Crippen molar-refractivity contribution in [1.82, 2.24) is 9.97 Å². The molecule has 45 heavy (non-hydrogen) atoms. The van der Waals surface area contributed by atoms with Gasteiger partial charge in [-0.15, -0.1) is 23.3 Å². The van der Waals surface area contributed by atoms with E-state index >= 15 is 0 Å². The van der Waals surface area contributed by atoms with E-state index in [1.807, 2.05) is 12.1 Å². The number of nitrogens with zero attached hydrogens (tertiary/aromatic N) is 4. The van der Waals surface area contributed by atoms with Crippen molar-refractivity contribution in [1.29, 1.82) is 0 Å². The van der Waals surface area contributed by atoms with Gasteiger partial charge in [0.2, 0.25) is 0 Å². The summed E-state index contributed by atoms with van der Waals surface area (Å²) in [4.78, 5) is 15.0. The van der Waals surface area contributed by atoms with Crippen LogP contribution in [0.3, 0.4) is 0 Å². The topological polar surface area (TPSA) is 32.3 Å². The van der Waals surface area contributed by atoms with E-state index in [0.717, 1.165) is 56.9 Å². The molecule has 4 nitrogen and oxygen atoms in total. The van der Waals surface area contributed by atoms with Crippen LogP contribution in [-0.2, 0) is 31.9 Å². The maximum atomic E-state index is 5.32. The second kappa shape index (κ2) is 12.1. The van der Waals surface area contributed by atoms with Crippen LogP contribution in [0.15, 0.2) is 133 Å². The summed E-state index contributed by atoms with van der Waals surface area (Å²) >= 11 is 0. The molecule has 0 aliphatic carbocycles. The first kappa shape index (κ1) is 30.5. The smallest absolute Gasteiger partial charge is 0.319 e. The SMILES string of the molecule is CC1(C)c2[c-]c(ccc2)N(c2ccccc2)c2cccc(n2)C(C)(C)c2[c-]c(ccc2)N(c2ccccc2)c2cccc1n2.[Pt+2]. The molecule has 0 spiro atoms. The van der Waals surface area contributed by atoms with Crippen LogP contribution >= 0.6 is 0 Å². The third-order valence-electron chi connectivity index (χ3n) is 8.62. The van der Waals surface area contributed by atoms with E-state index in [1.165, 1.54) is 0 Å². The summed E-state index contributed by atoms with van der Waals surface area (Å²) in [5, 5.41) is 0. The van der Waals surface area contributed by atoms with Gasteiger partial charge < -0.3 is 9.80 Å². The molecule has 0 N–H and O–H groups in total. The fraction of sp³-hybridized carbons (Fsp3) is 0.150. The van der Waals surface area contributed by atoms with Gasteiger partial charge in [0.15, 0.2) is 0 Å². The fourth-order valence-corrected chi connectivity index (χ4v) is 5.92. The van der Waals surface area contributed by atoms with Gasteiger partial charge in [-0.1, -0.05) is 87.6 Å². The first-order chi connectivity index (χ1) is 21.3. The van der Waals surface area contributed by atoms with Gasteiger partial charge in [0.1, 0.15) is 11.6 Å². The predicted octanol–water partition coefficient (Wildman–Crippen LogP) is 9.98. The van der Waals surface area contributed by atoms with Crippen LogP contribution in [0, 0.1) is 12.1 Å². The van der Waals surface area contributed by atoms with E-state index in [9.17, 15) is 0 Å². The Labute approximate surface area is 280 Å². The van der Waals surface area contributed by atoms with Gasteiger partial charge >= 0.3 is 21.1 Å². The van der Waals surface area contributed by atoms with Gasteiger partial charge in [-0.05, 0) is 48.5 Å². The molecule has 7 rings (SSSR count). The third kappa shape index (κ3) is 5.60. The maximum absolute atomic E-state index is 5.32. The minimum atomic E-state index is -0.434. The molecule has 0 radical (unpaired) electrons. The van der Waals surface area contributed by atoms with Crippen LogP contribution < -0.4 is 9.80 Å². The quantitative estimate of drug-likeness (QED) is 0.164. The first-order valence-corrected chi connectivity index (χ1v) is 15.0. The Balaban J connectivity index is 0.00000357. The number of hydrogen-bond acceptors (Lipinski definition) is 4. The molecule has 224 valence electrons. The molecule has 2 aromatic heterocycles. The van der Waals surface area contributed by atoms with Gasteiger partial charge in [-0.2, -0.15) is 36.4 Å². The van der Waals surface area contributed by atoms with Crippen molar-refractivity contribution in [2.24, 2.45) is 0 Å². The molecule has 0 atom stereocenters. The number of aromatic nitrogens is 2. The zero-order valence-electron chi connectivity index (χ0n) is 25.8. The number of fused-ring (bicyclic) bond motifs is 8. The van der Waals surface area contributed by atoms with E-state index in [4.69, 9.17) is 9.97 Å². The minimum absolute atomic E-state index is 0. The standard InChI is InChI=1S/C40H34N4.Pt/c1-39(2)29-15-11-21-33(27-29)43(31-17-7-5-8-18-31)38-26-14-24-36(42-38)40(3,4)30-16-12-22-34(28-30)44(32-19-9-6-10-20-32)37-25-13-23-35(39)41-37;/h5-26H,1-4H3;/q-2;+2. The zero-order chi connectivity index (χ0) is 30.3. The summed E-state index contributed by atoms with van der Waals surface area (Å²) in [6.07, 6.45) is 0. The van der Waals surface area contributed by atoms with Crippen LogP contribution in [0.5, 0.6) is 0 Å². The summed E-state index contributed by atoms with van der Waals surface area (Å²) in [6, 6.07) is 53.6. The van der Waals surface area contributed by atoms with Crippen LogP contribution in [0.25, 0.3) is 0 Å². The average Bonchev–Trinajstić information content (AvgIpc) is 3.06. The van der Waals surface area contributed by atoms with Gasteiger partial charge in [0.25, 0.3) is 0 Å². The van der Waals surface area contributed by atoms with E-state index in [0.29, 0.717) is 0 Å². The Bertz CT molecular complexity index is 1690. The van der Waals surface area contributed by atoms with Crippen molar-refractivity contribution in [3.05, 3.63) is 168 Å². The molecule has 6 aromatic rings. The second-order valence-electron chi connectivity index (χ2n) is 12.3. The molecular formula is C40H34N4Pt. The van der Waals surface area contributed by atoms with E-state index < -0.39 is 10.8 Å². The van der Waals surface area contributed by atoms with E-state index in [1.54, 1.807) is 0 Å². The van der Waals surface area contributed by atoms with Gasteiger partial charge in [-0.25, -0.2) is 9.97 Å². The Kier molecular flexibility index (Phi) is 8.20. The van der Waals surface area contributed by atoms with Gasteiger partial charge in [0, 0.05) is 22.2 Å². The predicted molar refractivity (Wildman–Crippen MR) is 180 cm³/mol. The van der Waals surface area contributed by atoms with E-state index in [-0.39, 0.29) is 21.1 Å². The molecule has 3 heterocycles. The second-order valence-corrected chi connectivity index (χ2v) is 12.3. The molecule has 5 heteroatoms. The third-order valence-corrected chi connectivity index (χ3v) is 8.62. The summed E-state index contributed by atoms with van der Waals surface area (Å²) < 4.78 is 0. The van der Waals surface area contributed by atoms with E-state index in [2.05, 4.69) is 171 Å². The van der Waals surface area contributed by atoms with Crippen molar-refractivity contribution < 1.29 is 21.1 Å². The number of benzene rings is 4. The maximum Gasteiger partial charge on any atom is 2.00 e. The summed E-state index contributed by atoms with van der Waals surface area (Å²) in [5.41, 5.74) is 7.03. The monoisotopic (exact) mass is 765 g/mol. The Morgan fingerprint density at radius 3 is 1.22 bits per heavy atom. The Morgan fingerprint density at radius 2 is 0.822 bits per heavy atom. The van der Waals surface area contributed by atoms with Crippen LogP contribution in [-0.4, -0.2) is 9.97 Å². The number of pyridine rings is 2. The normalized spacial score (nSPS) is 14.8. The van der Waals surface area contributed by atoms with Crippen molar-refractivity contribution >= 4 is 34.4 Å². The van der Waals surface area contributed by atoms with Crippen LogP contribution in [0.4, 0.5) is 34.4 Å². The largest absolute Gasteiger partial charge is 2.00 e. The molecule has 4 aromatic carbocycles. The molecule has 0 saturated heterocycles. The molecular weight excluding hydrogens is 732 g/mol. The average molecular weight is 766 g/mol. The molecule has 0 amide bonds. The van der Waals surface area contributed by atoms with Gasteiger partial charge in [0.05, 0.1) is 11.4 Å². The molecule has 0 saturated carbocycles. The molecule has 8 bridgehead atoms. The summed E-state index contributed by atoms with van der Waals surface area (Å²) in [7, 11) is 0. The van der Waals surface area contributed by atoms with Crippen molar-refractivity contribution in [3.8, 4) is 0 Å². The van der Waals surface area contributed by atoms with Crippen LogP contribution in [0.2, 0.25) is 0 Å². The Hall–Kier alpha value is -4.53. The van der Waals surface area contributed by atoms with Crippen molar-refractivity contribution in [2.75, 3.05) is 9.80 Å².